The van der Waals surface area contributed by atoms with Crippen LogP contribution in [0.3, 0.4) is 0 Å². The predicted molar refractivity (Wildman–Crippen MR) is 108 cm³/mol. The maximum Gasteiger partial charge on any atom is 0.139 e. The van der Waals surface area contributed by atoms with Crippen LogP contribution in [0.4, 0.5) is 0 Å². The Kier molecular flexibility index (Phi) is 6.60. The van der Waals surface area contributed by atoms with E-state index in [2.05, 4.69) is 4.57 Å². The van der Waals surface area contributed by atoms with E-state index in [1.54, 1.807) is 24.3 Å². The largest absolute Gasteiger partial charge is 0.491 e. The molecule has 0 saturated carbocycles. The number of aromatic nitrogens is 2. The minimum atomic E-state index is -0.663. The van der Waals surface area contributed by atoms with Crippen molar-refractivity contribution in [2.75, 3.05) is 13.2 Å². The van der Waals surface area contributed by atoms with Crippen molar-refractivity contribution < 1.29 is 14.6 Å². The van der Waals surface area contributed by atoms with Crippen molar-refractivity contribution in [2.45, 2.75) is 31.6 Å². The molecule has 3 aromatic rings. The number of aliphatic hydroxyl groups is 1. The van der Waals surface area contributed by atoms with Gasteiger partial charge in [-0.2, -0.15) is 0 Å². The van der Waals surface area contributed by atoms with E-state index in [0.717, 1.165) is 36.3 Å². The average molecular weight is 409 g/mol. The van der Waals surface area contributed by atoms with Crippen LogP contribution >= 0.6 is 24.0 Å². The van der Waals surface area contributed by atoms with Crippen molar-refractivity contribution in [1.29, 1.82) is 0 Å². The van der Waals surface area contributed by atoms with Gasteiger partial charge in [-0.1, -0.05) is 23.7 Å². The molecular weight excluding hydrogens is 387 g/mol. The molecule has 144 valence electrons. The number of hydrogen-bond acceptors (Lipinski definition) is 4. The highest BCUT2D eigenvalue weighted by Crippen LogP contribution is 2.30. The van der Waals surface area contributed by atoms with Crippen LogP contribution in [0.15, 0.2) is 48.5 Å². The highest BCUT2D eigenvalue weighted by Gasteiger charge is 2.25. The van der Waals surface area contributed by atoms with Crippen LogP contribution in [0.25, 0.3) is 11.0 Å². The van der Waals surface area contributed by atoms with E-state index in [1.807, 2.05) is 24.3 Å². The maximum absolute atomic E-state index is 10.5. The Morgan fingerprint density at radius 2 is 2.00 bits per heavy atom. The van der Waals surface area contributed by atoms with Gasteiger partial charge in [0, 0.05) is 11.6 Å². The van der Waals surface area contributed by atoms with Crippen LogP contribution < -0.4 is 4.74 Å². The molecule has 0 bridgehead atoms. The third-order valence-corrected chi connectivity index (χ3v) is 4.80. The summed E-state index contributed by atoms with van der Waals surface area (Å²) in [4.78, 5) is 4.75. The predicted octanol–water partition coefficient (Wildman–Crippen LogP) is 4.40. The summed E-state index contributed by atoms with van der Waals surface area (Å²) in [6.45, 7) is 1.36. The summed E-state index contributed by atoms with van der Waals surface area (Å²) in [6.07, 6.45) is 1.33. The number of nitrogens with zero attached hydrogens (tertiary/aromatic N) is 2. The van der Waals surface area contributed by atoms with E-state index in [1.165, 1.54) is 0 Å². The van der Waals surface area contributed by atoms with Crippen molar-refractivity contribution >= 4 is 35.0 Å². The number of halogens is 2. The molecule has 1 aliphatic rings. The van der Waals surface area contributed by atoms with Gasteiger partial charge in [0.2, 0.25) is 0 Å². The van der Waals surface area contributed by atoms with Gasteiger partial charge in [0.15, 0.2) is 0 Å². The van der Waals surface area contributed by atoms with E-state index in [0.29, 0.717) is 17.3 Å². The summed E-state index contributed by atoms with van der Waals surface area (Å²) in [5.41, 5.74) is 1.92. The van der Waals surface area contributed by atoms with Crippen molar-refractivity contribution in [3.05, 3.63) is 59.4 Å². The van der Waals surface area contributed by atoms with Gasteiger partial charge in [0.1, 0.15) is 30.4 Å². The highest BCUT2D eigenvalue weighted by molar-refractivity contribution is 6.30. The lowest BCUT2D eigenvalue weighted by molar-refractivity contribution is 0.0806. The molecule has 2 atom stereocenters. The molecule has 7 heteroatoms. The summed E-state index contributed by atoms with van der Waals surface area (Å²) in [5.74, 6) is 1.57. The second kappa shape index (κ2) is 8.93. The van der Waals surface area contributed by atoms with E-state index in [-0.39, 0.29) is 25.1 Å². The van der Waals surface area contributed by atoms with Gasteiger partial charge >= 0.3 is 0 Å². The summed E-state index contributed by atoms with van der Waals surface area (Å²) in [6, 6.07) is 15.1. The van der Waals surface area contributed by atoms with E-state index < -0.39 is 6.10 Å². The number of rotatable bonds is 6. The number of fused-ring (bicyclic) bond motifs is 1. The van der Waals surface area contributed by atoms with Gasteiger partial charge in [-0.15, -0.1) is 12.4 Å². The van der Waals surface area contributed by atoms with Crippen LogP contribution in [-0.4, -0.2) is 34.0 Å². The van der Waals surface area contributed by atoms with Gasteiger partial charge in [-0.3, -0.25) is 0 Å². The molecular formula is C20H22Cl2N2O3. The first kappa shape index (κ1) is 20.0. The zero-order valence-corrected chi connectivity index (χ0v) is 16.3. The van der Waals surface area contributed by atoms with Gasteiger partial charge in [-0.25, -0.2) is 4.98 Å². The van der Waals surface area contributed by atoms with Crippen LogP contribution in [0, 0.1) is 0 Å². The molecule has 2 unspecified atom stereocenters. The van der Waals surface area contributed by atoms with Gasteiger partial charge in [0.05, 0.1) is 17.6 Å². The number of hydrogen-bond donors (Lipinski definition) is 1. The lowest BCUT2D eigenvalue weighted by Gasteiger charge is -2.17. The fourth-order valence-electron chi connectivity index (χ4n) is 3.30. The molecule has 1 aromatic heterocycles. The van der Waals surface area contributed by atoms with E-state index in [9.17, 15) is 5.11 Å². The SMILES string of the molecule is Cl.OC(COc1ccc(Cl)cc1)Cn1c(C2CCCO2)nc2ccccc21. The Morgan fingerprint density at radius 1 is 1.22 bits per heavy atom. The summed E-state index contributed by atoms with van der Waals surface area (Å²) < 4.78 is 13.6. The van der Waals surface area contributed by atoms with Crippen molar-refractivity contribution in [1.82, 2.24) is 9.55 Å². The molecule has 1 aliphatic heterocycles. The maximum atomic E-state index is 10.5. The van der Waals surface area contributed by atoms with Gasteiger partial charge < -0.3 is 19.1 Å². The first-order chi connectivity index (χ1) is 12.7. The Labute approximate surface area is 169 Å². The molecule has 2 aromatic carbocycles. The van der Waals surface area contributed by atoms with Gasteiger partial charge in [0.25, 0.3) is 0 Å². The minimum absolute atomic E-state index is 0. The third kappa shape index (κ3) is 4.55. The molecule has 1 N–H and O–H groups in total. The van der Waals surface area contributed by atoms with Crippen LogP contribution in [0.1, 0.15) is 24.8 Å². The van der Waals surface area contributed by atoms with Crippen LogP contribution in [0.5, 0.6) is 5.75 Å². The molecule has 0 spiro atoms. The Hall–Kier alpha value is -1.79. The average Bonchev–Trinajstić information content (AvgIpc) is 3.30. The first-order valence-electron chi connectivity index (χ1n) is 8.84. The van der Waals surface area contributed by atoms with Crippen LogP contribution in [-0.2, 0) is 11.3 Å². The fourth-order valence-corrected chi connectivity index (χ4v) is 3.43. The van der Waals surface area contributed by atoms with Gasteiger partial charge in [-0.05, 0) is 49.2 Å². The number of para-hydroxylation sites is 2. The first-order valence-corrected chi connectivity index (χ1v) is 9.22. The lowest BCUT2D eigenvalue weighted by Crippen LogP contribution is -2.25. The van der Waals surface area contributed by atoms with Crippen LogP contribution in [0.2, 0.25) is 5.02 Å². The Balaban J connectivity index is 0.00000210. The standard InChI is InChI=1S/C20H21ClN2O3.ClH/c21-14-7-9-16(10-8-14)26-13-15(24)12-23-18-5-2-1-4-17(18)22-20(23)19-6-3-11-25-19;/h1-2,4-5,7-10,15,19,24H,3,6,11-13H2;1H. The molecule has 4 rings (SSSR count). The number of ether oxygens (including phenoxy) is 2. The monoisotopic (exact) mass is 408 g/mol. The Morgan fingerprint density at radius 3 is 2.74 bits per heavy atom. The molecule has 0 aliphatic carbocycles. The molecule has 0 amide bonds. The molecule has 1 saturated heterocycles. The zero-order valence-electron chi connectivity index (χ0n) is 14.8. The molecule has 2 heterocycles. The highest BCUT2D eigenvalue weighted by atomic mass is 35.5. The molecule has 5 nitrogen and oxygen atoms in total. The molecule has 1 fully saturated rings. The number of benzene rings is 2. The number of imidazole rings is 1. The number of aliphatic hydroxyl groups excluding tert-OH is 1. The molecule has 27 heavy (non-hydrogen) atoms. The smallest absolute Gasteiger partial charge is 0.139 e. The zero-order chi connectivity index (χ0) is 17.9. The minimum Gasteiger partial charge on any atom is -0.491 e. The second-order valence-corrected chi connectivity index (χ2v) is 6.93. The fraction of sp³-hybridized carbons (Fsp3) is 0.350. The quantitative estimate of drug-likeness (QED) is 0.656. The third-order valence-electron chi connectivity index (χ3n) is 4.55. The topological polar surface area (TPSA) is 56.5 Å². The lowest BCUT2D eigenvalue weighted by atomic mass is 10.2. The summed E-state index contributed by atoms with van der Waals surface area (Å²) in [7, 11) is 0. The normalized spacial score (nSPS) is 17.6. The second-order valence-electron chi connectivity index (χ2n) is 6.49. The summed E-state index contributed by atoms with van der Waals surface area (Å²) in [5, 5.41) is 11.2. The Bertz CT molecular complexity index is 877. The van der Waals surface area contributed by atoms with Crippen molar-refractivity contribution in [2.24, 2.45) is 0 Å². The van der Waals surface area contributed by atoms with Crippen molar-refractivity contribution in [3.63, 3.8) is 0 Å². The van der Waals surface area contributed by atoms with E-state index >= 15 is 0 Å². The summed E-state index contributed by atoms with van der Waals surface area (Å²) >= 11 is 5.88. The van der Waals surface area contributed by atoms with Crippen molar-refractivity contribution in [3.8, 4) is 5.75 Å². The molecule has 0 radical (unpaired) electrons. The van der Waals surface area contributed by atoms with E-state index in [4.69, 9.17) is 26.1 Å².